The monoisotopic (exact) mass is 326 g/mol. The number of nitrogens with one attached hydrogen (secondary N) is 1. The Labute approximate surface area is 141 Å². The minimum absolute atomic E-state index is 0.307. The summed E-state index contributed by atoms with van der Waals surface area (Å²) >= 11 is 0. The predicted molar refractivity (Wildman–Crippen MR) is 93.8 cm³/mol. The van der Waals surface area contributed by atoms with E-state index < -0.39 is 0 Å². The molecule has 0 spiro atoms. The van der Waals surface area contributed by atoms with Crippen LogP contribution in [-0.4, -0.2) is 35.6 Å². The van der Waals surface area contributed by atoms with E-state index in [1.165, 1.54) is 19.3 Å². The van der Waals surface area contributed by atoms with Crippen molar-refractivity contribution in [2.45, 2.75) is 26.2 Å². The number of esters is 1. The van der Waals surface area contributed by atoms with Crippen LogP contribution in [0.3, 0.4) is 0 Å². The van der Waals surface area contributed by atoms with E-state index in [9.17, 15) is 4.79 Å². The number of hydrogen-bond donors (Lipinski definition) is 1. The Bertz CT molecular complexity index is 682. The van der Waals surface area contributed by atoms with Gasteiger partial charge in [0.25, 0.3) is 0 Å². The second-order valence-electron chi connectivity index (χ2n) is 5.71. The van der Waals surface area contributed by atoms with E-state index in [4.69, 9.17) is 4.74 Å². The van der Waals surface area contributed by atoms with Crippen LogP contribution in [0.1, 0.15) is 36.5 Å². The molecular weight excluding hydrogens is 304 g/mol. The van der Waals surface area contributed by atoms with Crippen LogP contribution in [0.5, 0.6) is 0 Å². The summed E-state index contributed by atoms with van der Waals surface area (Å²) in [7, 11) is 0. The molecule has 24 heavy (non-hydrogen) atoms. The minimum atomic E-state index is -0.307. The van der Waals surface area contributed by atoms with E-state index in [-0.39, 0.29) is 5.97 Å². The molecule has 1 N–H and O–H groups in total. The topological polar surface area (TPSA) is 67.3 Å². The molecule has 1 fully saturated rings. The number of anilines is 3. The molecule has 6 nitrogen and oxygen atoms in total. The first-order chi connectivity index (χ1) is 11.8. The van der Waals surface area contributed by atoms with Crippen molar-refractivity contribution in [3.8, 4) is 0 Å². The van der Waals surface area contributed by atoms with Crippen molar-refractivity contribution in [2.75, 3.05) is 29.9 Å². The summed E-state index contributed by atoms with van der Waals surface area (Å²) in [5.74, 6) is 1.20. The van der Waals surface area contributed by atoms with E-state index >= 15 is 0 Å². The highest BCUT2D eigenvalue weighted by Gasteiger charge is 2.13. The average molecular weight is 326 g/mol. The highest BCUT2D eigenvalue weighted by Crippen LogP contribution is 2.20. The molecule has 0 amide bonds. The van der Waals surface area contributed by atoms with E-state index in [0.29, 0.717) is 12.2 Å². The number of benzene rings is 1. The van der Waals surface area contributed by atoms with Crippen molar-refractivity contribution >= 4 is 23.4 Å². The van der Waals surface area contributed by atoms with E-state index in [2.05, 4.69) is 20.2 Å². The van der Waals surface area contributed by atoms with Gasteiger partial charge >= 0.3 is 5.97 Å². The van der Waals surface area contributed by atoms with Gasteiger partial charge in [0.2, 0.25) is 5.95 Å². The number of hydrogen-bond acceptors (Lipinski definition) is 6. The van der Waals surface area contributed by atoms with Crippen molar-refractivity contribution in [3.63, 3.8) is 0 Å². The number of ether oxygens (including phenoxy) is 1. The number of aromatic nitrogens is 2. The van der Waals surface area contributed by atoms with Gasteiger partial charge in [-0.3, -0.25) is 0 Å². The van der Waals surface area contributed by atoms with Crippen LogP contribution in [0, 0.1) is 0 Å². The van der Waals surface area contributed by atoms with Crippen LogP contribution in [0.25, 0.3) is 0 Å². The number of carbonyl (C=O) groups is 1. The maximum Gasteiger partial charge on any atom is 0.338 e. The molecule has 1 aliphatic heterocycles. The van der Waals surface area contributed by atoms with Gasteiger partial charge in [-0.15, -0.1) is 0 Å². The summed E-state index contributed by atoms with van der Waals surface area (Å²) in [5.41, 5.74) is 1.41. The molecule has 0 radical (unpaired) electrons. The predicted octanol–water partition coefficient (Wildman–Crippen LogP) is 3.39. The number of carbonyl (C=O) groups excluding carboxylic acids is 1. The fourth-order valence-corrected chi connectivity index (χ4v) is 2.72. The highest BCUT2D eigenvalue weighted by molar-refractivity contribution is 5.89. The van der Waals surface area contributed by atoms with Crippen molar-refractivity contribution in [1.29, 1.82) is 0 Å². The molecule has 1 saturated heterocycles. The second-order valence-corrected chi connectivity index (χ2v) is 5.71. The molecule has 1 aromatic carbocycles. The largest absolute Gasteiger partial charge is 0.462 e. The SMILES string of the molecule is CCOC(=O)c1ccc(Nc2ccnc(N3CCCCC3)n2)cc1. The van der Waals surface area contributed by atoms with Crippen LogP contribution in [-0.2, 0) is 4.74 Å². The van der Waals surface area contributed by atoms with Gasteiger partial charge in [-0.2, -0.15) is 4.98 Å². The third-order valence-corrected chi connectivity index (χ3v) is 3.95. The Balaban J connectivity index is 1.68. The molecule has 6 heteroatoms. The molecule has 0 bridgehead atoms. The lowest BCUT2D eigenvalue weighted by molar-refractivity contribution is 0.0526. The second kappa shape index (κ2) is 7.77. The molecular formula is C18H22N4O2. The fourth-order valence-electron chi connectivity index (χ4n) is 2.72. The highest BCUT2D eigenvalue weighted by atomic mass is 16.5. The number of rotatable bonds is 5. The number of nitrogens with zero attached hydrogens (tertiary/aromatic N) is 3. The Kier molecular flexibility index (Phi) is 5.25. The third kappa shape index (κ3) is 4.01. The summed E-state index contributed by atoms with van der Waals surface area (Å²) in [5, 5.41) is 3.25. The molecule has 2 heterocycles. The van der Waals surface area contributed by atoms with Gasteiger partial charge in [0.05, 0.1) is 12.2 Å². The molecule has 3 rings (SSSR count). The van der Waals surface area contributed by atoms with E-state index in [1.54, 1.807) is 25.3 Å². The maximum absolute atomic E-state index is 11.7. The Hall–Kier alpha value is -2.63. The minimum Gasteiger partial charge on any atom is -0.462 e. The summed E-state index contributed by atoms with van der Waals surface area (Å²) in [6, 6.07) is 9.01. The van der Waals surface area contributed by atoms with Crippen molar-refractivity contribution in [2.24, 2.45) is 0 Å². The summed E-state index contributed by atoms with van der Waals surface area (Å²) in [6.45, 7) is 4.19. The third-order valence-electron chi connectivity index (χ3n) is 3.95. The zero-order valence-corrected chi connectivity index (χ0v) is 13.9. The smallest absolute Gasteiger partial charge is 0.338 e. The van der Waals surface area contributed by atoms with Crippen molar-refractivity contribution in [3.05, 3.63) is 42.1 Å². The summed E-state index contributed by atoms with van der Waals surface area (Å²) < 4.78 is 4.98. The summed E-state index contributed by atoms with van der Waals surface area (Å²) in [4.78, 5) is 22.9. The van der Waals surface area contributed by atoms with E-state index in [1.807, 2.05) is 18.2 Å². The molecule has 126 valence electrons. The molecule has 0 saturated carbocycles. The quantitative estimate of drug-likeness (QED) is 0.850. The average Bonchev–Trinajstić information content (AvgIpc) is 2.63. The molecule has 0 atom stereocenters. The Morgan fingerprint density at radius 1 is 1.17 bits per heavy atom. The molecule has 1 aliphatic rings. The first-order valence-corrected chi connectivity index (χ1v) is 8.38. The fraction of sp³-hybridized carbons (Fsp3) is 0.389. The molecule has 2 aromatic rings. The van der Waals surface area contributed by atoms with E-state index in [0.717, 1.165) is 30.5 Å². The first-order valence-electron chi connectivity index (χ1n) is 8.38. The lowest BCUT2D eigenvalue weighted by Crippen LogP contribution is -2.31. The zero-order chi connectivity index (χ0) is 16.8. The Morgan fingerprint density at radius 2 is 1.92 bits per heavy atom. The van der Waals surface area contributed by atoms with Crippen LogP contribution < -0.4 is 10.2 Å². The van der Waals surface area contributed by atoms with Gasteiger partial charge in [-0.1, -0.05) is 0 Å². The Morgan fingerprint density at radius 3 is 2.62 bits per heavy atom. The van der Waals surface area contributed by atoms with Crippen LogP contribution >= 0.6 is 0 Å². The van der Waals surface area contributed by atoms with Crippen LogP contribution in [0.4, 0.5) is 17.5 Å². The molecule has 1 aromatic heterocycles. The van der Waals surface area contributed by atoms with Gasteiger partial charge < -0.3 is 15.0 Å². The van der Waals surface area contributed by atoms with Gasteiger partial charge in [0.1, 0.15) is 5.82 Å². The number of piperidine rings is 1. The molecule has 0 unspecified atom stereocenters. The molecule has 0 aliphatic carbocycles. The van der Waals surface area contributed by atoms with Crippen LogP contribution in [0.2, 0.25) is 0 Å². The maximum atomic E-state index is 11.7. The normalized spacial score (nSPS) is 14.3. The van der Waals surface area contributed by atoms with Gasteiger partial charge in [0.15, 0.2) is 0 Å². The van der Waals surface area contributed by atoms with Crippen LogP contribution in [0.15, 0.2) is 36.5 Å². The zero-order valence-electron chi connectivity index (χ0n) is 13.9. The lowest BCUT2D eigenvalue weighted by Gasteiger charge is -2.26. The van der Waals surface area contributed by atoms with Gasteiger partial charge in [-0.25, -0.2) is 9.78 Å². The first kappa shape index (κ1) is 16.2. The summed E-state index contributed by atoms with van der Waals surface area (Å²) in [6.07, 6.45) is 5.43. The lowest BCUT2D eigenvalue weighted by atomic mass is 10.1. The van der Waals surface area contributed by atoms with Gasteiger partial charge in [-0.05, 0) is 56.5 Å². The van der Waals surface area contributed by atoms with Gasteiger partial charge in [0, 0.05) is 25.0 Å². The van der Waals surface area contributed by atoms with Crippen molar-refractivity contribution in [1.82, 2.24) is 9.97 Å². The van der Waals surface area contributed by atoms with Crippen molar-refractivity contribution < 1.29 is 9.53 Å². The standard InChI is InChI=1S/C18H22N4O2/c1-2-24-17(23)14-6-8-15(9-7-14)20-16-10-11-19-18(21-16)22-12-4-3-5-13-22/h6-11H,2-5,12-13H2,1H3,(H,19,20,21).